The first kappa shape index (κ1) is 9.38. The molecule has 1 aliphatic rings. The smallest absolute Gasteiger partial charge is 0.328 e. The van der Waals surface area contributed by atoms with Crippen LogP contribution < -0.4 is 10.2 Å². The van der Waals surface area contributed by atoms with E-state index in [-0.39, 0.29) is 12.5 Å². The number of carbonyl (C=O) groups is 2. The van der Waals surface area contributed by atoms with Crippen LogP contribution in [0.4, 0.5) is 10.7 Å². The first-order valence-electron chi connectivity index (χ1n) is 4.26. The molecule has 0 bridgehead atoms. The van der Waals surface area contributed by atoms with Gasteiger partial charge >= 0.3 is 12.0 Å². The maximum absolute atomic E-state index is 11.4. The highest BCUT2D eigenvalue weighted by atomic mass is 16.4. The number of aliphatic carboxylic acids is 1. The van der Waals surface area contributed by atoms with Gasteiger partial charge in [-0.3, -0.25) is 4.90 Å². The van der Waals surface area contributed by atoms with Crippen molar-refractivity contribution in [2.45, 2.75) is 6.04 Å². The zero-order chi connectivity index (χ0) is 10.8. The van der Waals surface area contributed by atoms with Crippen molar-refractivity contribution in [3.05, 3.63) is 18.5 Å². The van der Waals surface area contributed by atoms with Gasteiger partial charge in [-0.15, -0.1) is 0 Å². The Balaban J connectivity index is 2.19. The molecule has 78 valence electrons. The number of hydrogen-bond donors (Lipinski definition) is 2. The average Bonchev–Trinajstić information content (AvgIpc) is 2.62. The predicted octanol–water partition coefficient (Wildman–Crippen LogP) is -0.541. The SMILES string of the molecule is O=C(O)[C@H]1CN(c2ncccn2)C(=O)N1. The summed E-state index contributed by atoms with van der Waals surface area (Å²) in [6.07, 6.45) is 2.98. The van der Waals surface area contributed by atoms with Gasteiger partial charge in [0.25, 0.3) is 0 Å². The highest BCUT2D eigenvalue weighted by Gasteiger charge is 2.35. The van der Waals surface area contributed by atoms with Gasteiger partial charge in [-0.2, -0.15) is 0 Å². The Morgan fingerprint density at radius 1 is 1.53 bits per heavy atom. The first-order chi connectivity index (χ1) is 7.18. The fourth-order valence-electron chi connectivity index (χ4n) is 1.28. The van der Waals surface area contributed by atoms with Crippen LogP contribution in [0.15, 0.2) is 18.5 Å². The van der Waals surface area contributed by atoms with Gasteiger partial charge in [0.15, 0.2) is 0 Å². The van der Waals surface area contributed by atoms with Gasteiger partial charge in [-0.05, 0) is 6.07 Å². The Bertz CT molecular complexity index is 394. The van der Waals surface area contributed by atoms with E-state index in [4.69, 9.17) is 5.11 Å². The molecule has 1 saturated heterocycles. The lowest BCUT2D eigenvalue weighted by molar-refractivity contribution is -0.138. The molecular formula is C8H8N4O3. The van der Waals surface area contributed by atoms with Gasteiger partial charge < -0.3 is 10.4 Å². The maximum atomic E-state index is 11.4. The fraction of sp³-hybridized carbons (Fsp3) is 0.250. The second kappa shape index (κ2) is 3.52. The third-order valence-corrected chi connectivity index (χ3v) is 2.00. The van der Waals surface area contributed by atoms with Crippen LogP contribution in [-0.4, -0.2) is 39.7 Å². The number of nitrogens with one attached hydrogen (secondary N) is 1. The summed E-state index contributed by atoms with van der Waals surface area (Å²) in [5, 5.41) is 11.0. The van der Waals surface area contributed by atoms with Crippen molar-refractivity contribution in [3.63, 3.8) is 0 Å². The van der Waals surface area contributed by atoms with Crippen molar-refractivity contribution in [2.75, 3.05) is 11.4 Å². The van der Waals surface area contributed by atoms with E-state index in [1.54, 1.807) is 6.07 Å². The van der Waals surface area contributed by atoms with Crippen LogP contribution >= 0.6 is 0 Å². The van der Waals surface area contributed by atoms with E-state index in [0.29, 0.717) is 0 Å². The minimum atomic E-state index is -1.07. The van der Waals surface area contributed by atoms with Gasteiger partial charge in [0, 0.05) is 12.4 Å². The van der Waals surface area contributed by atoms with E-state index >= 15 is 0 Å². The number of nitrogens with zero attached hydrogens (tertiary/aromatic N) is 3. The summed E-state index contributed by atoms with van der Waals surface area (Å²) in [6.45, 7) is 0.0399. The number of amides is 2. The number of urea groups is 1. The van der Waals surface area contributed by atoms with Crippen molar-refractivity contribution in [1.29, 1.82) is 0 Å². The van der Waals surface area contributed by atoms with E-state index < -0.39 is 18.0 Å². The fourth-order valence-corrected chi connectivity index (χ4v) is 1.28. The molecular weight excluding hydrogens is 200 g/mol. The number of rotatable bonds is 2. The molecule has 0 aromatic carbocycles. The lowest BCUT2D eigenvalue weighted by Crippen LogP contribution is -2.33. The topological polar surface area (TPSA) is 95.4 Å². The molecule has 1 fully saturated rings. The number of carboxylic acid groups (broad SMARTS) is 1. The first-order valence-corrected chi connectivity index (χ1v) is 4.26. The zero-order valence-electron chi connectivity index (χ0n) is 7.62. The molecule has 0 aliphatic carbocycles. The van der Waals surface area contributed by atoms with Crippen LogP contribution in [-0.2, 0) is 4.79 Å². The van der Waals surface area contributed by atoms with Crippen molar-refractivity contribution in [1.82, 2.24) is 15.3 Å². The summed E-state index contributed by atoms with van der Waals surface area (Å²) >= 11 is 0. The highest BCUT2D eigenvalue weighted by molar-refractivity contribution is 5.97. The van der Waals surface area contributed by atoms with Crippen molar-refractivity contribution in [3.8, 4) is 0 Å². The Kier molecular flexibility index (Phi) is 2.20. The molecule has 2 amide bonds. The van der Waals surface area contributed by atoms with Crippen molar-refractivity contribution < 1.29 is 14.7 Å². The van der Waals surface area contributed by atoms with E-state index in [9.17, 15) is 9.59 Å². The second-order valence-electron chi connectivity index (χ2n) is 3.00. The molecule has 0 radical (unpaired) electrons. The van der Waals surface area contributed by atoms with Crippen LogP contribution in [0.2, 0.25) is 0 Å². The quantitative estimate of drug-likeness (QED) is 0.680. The molecule has 2 rings (SSSR count). The van der Waals surface area contributed by atoms with Crippen LogP contribution in [0.5, 0.6) is 0 Å². The molecule has 1 atom stereocenters. The third kappa shape index (κ3) is 1.71. The Hall–Kier alpha value is -2.18. The molecule has 0 spiro atoms. The summed E-state index contributed by atoms with van der Waals surface area (Å²) < 4.78 is 0. The Morgan fingerprint density at radius 3 is 2.73 bits per heavy atom. The molecule has 1 aliphatic heterocycles. The predicted molar refractivity (Wildman–Crippen MR) is 49.3 cm³/mol. The number of anilines is 1. The molecule has 15 heavy (non-hydrogen) atoms. The van der Waals surface area contributed by atoms with Crippen molar-refractivity contribution in [2.24, 2.45) is 0 Å². The van der Waals surface area contributed by atoms with E-state index in [1.807, 2.05) is 0 Å². The van der Waals surface area contributed by atoms with E-state index in [2.05, 4.69) is 15.3 Å². The van der Waals surface area contributed by atoms with Gasteiger partial charge in [0.05, 0.1) is 6.54 Å². The summed E-state index contributed by atoms with van der Waals surface area (Å²) in [6, 6.07) is 0.224. The van der Waals surface area contributed by atoms with Crippen molar-refractivity contribution >= 4 is 17.9 Å². The summed E-state index contributed by atoms with van der Waals surface area (Å²) in [4.78, 5) is 30.9. The molecule has 7 heteroatoms. The lowest BCUT2D eigenvalue weighted by atomic mass is 10.3. The molecule has 0 saturated carbocycles. The lowest BCUT2D eigenvalue weighted by Gasteiger charge is -2.10. The molecule has 1 aromatic heterocycles. The average molecular weight is 208 g/mol. The third-order valence-electron chi connectivity index (χ3n) is 2.00. The summed E-state index contributed by atoms with van der Waals surface area (Å²) in [7, 11) is 0. The van der Waals surface area contributed by atoms with E-state index in [0.717, 1.165) is 0 Å². The molecule has 7 nitrogen and oxygen atoms in total. The van der Waals surface area contributed by atoms with Gasteiger partial charge in [-0.25, -0.2) is 19.6 Å². The van der Waals surface area contributed by atoms with Gasteiger partial charge in [0.1, 0.15) is 6.04 Å². The van der Waals surface area contributed by atoms with Crippen LogP contribution in [0.1, 0.15) is 0 Å². The number of aromatic nitrogens is 2. The summed E-state index contributed by atoms with van der Waals surface area (Å²) in [5.74, 6) is -0.861. The number of hydrogen-bond acceptors (Lipinski definition) is 4. The minimum Gasteiger partial charge on any atom is -0.480 e. The second-order valence-corrected chi connectivity index (χ2v) is 3.00. The molecule has 0 unspecified atom stereocenters. The summed E-state index contributed by atoms with van der Waals surface area (Å²) in [5.41, 5.74) is 0. The molecule has 2 N–H and O–H groups in total. The van der Waals surface area contributed by atoms with Gasteiger partial charge in [0.2, 0.25) is 5.95 Å². The molecule has 2 heterocycles. The van der Waals surface area contributed by atoms with Gasteiger partial charge in [-0.1, -0.05) is 0 Å². The zero-order valence-corrected chi connectivity index (χ0v) is 7.62. The number of carboxylic acids is 1. The van der Waals surface area contributed by atoms with Crippen LogP contribution in [0.3, 0.4) is 0 Å². The monoisotopic (exact) mass is 208 g/mol. The molecule has 1 aromatic rings. The number of carbonyl (C=O) groups excluding carboxylic acids is 1. The Labute approximate surface area is 84.8 Å². The Morgan fingerprint density at radius 2 is 2.20 bits per heavy atom. The maximum Gasteiger partial charge on any atom is 0.328 e. The normalized spacial score (nSPS) is 20.1. The minimum absolute atomic E-state index is 0.0399. The van der Waals surface area contributed by atoms with E-state index in [1.165, 1.54) is 17.3 Å². The standard InChI is InChI=1S/C8H8N4O3/c13-6(14)5-4-12(8(15)11-5)7-9-2-1-3-10-7/h1-3,5H,4H2,(H,11,15)(H,13,14)/t5-/m1/s1. The highest BCUT2D eigenvalue weighted by Crippen LogP contribution is 2.11. The van der Waals surface area contributed by atoms with Crippen LogP contribution in [0.25, 0.3) is 0 Å². The van der Waals surface area contributed by atoms with Crippen LogP contribution in [0, 0.1) is 0 Å². The largest absolute Gasteiger partial charge is 0.480 e.